The van der Waals surface area contributed by atoms with E-state index in [1.807, 2.05) is 0 Å². The van der Waals surface area contributed by atoms with Crippen molar-refractivity contribution in [3.63, 3.8) is 0 Å². The number of piperidine rings is 1. The lowest BCUT2D eigenvalue weighted by atomic mass is 9.90. The van der Waals surface area contributed by atoms with Crippen molar-refractivity contribution in [2.75, 3.05) is 13.1 Å². The molecule has 0 aliphatic carbocycles. The molecule has 15 heavy (non-hydrogen) atoms. The molecule has 0 spiro atoms. The summed E-state index contributed by atoms with van der Waals surface area (Å²) in [6, 6.07) is 0. The number of nitrogens with zero attached hydrogens (tertiary/aromatic N) is 1. The van der Waals surface area contributed by atoms with Crippen molar-refractivity contribution >= 4 is 11.9 Å². The molecular weight excluding hydrogens is 208 g/mol. The molecule has 0 saturated carbocycles. The third-order valence-corrected chi connectivity index (χ3v) is 2.61. The summed E-state index contributed by atoms with van der Waals surface area (Å²) in [6.07, 6.45) is -0.502. The van der Waals surface area contributed by atoms with Gasteiger partial charge in [0.1, 0.15) is 0 Å². The first-order chi connectivity index (χ1) is 6.83. The standard InChI is InChI=1S/C9H13F2NO3/c1-6(13)12-3-2-7(4-8(14)15)9(10,11)5-12/h7H,2-5H2,1H3,(H,14,15). The highest BCUT2D eigenvalue weighted by molar-refractivity contribution is 5.73. The van der Waals surface area contributed by atoms with Crippen LogP contribution in [0.4, 0.5) is 8.78 Å². The molecule has 0 aromatic carbocycles. The van der Waals surface area contributed by atoms with Gasteiger partial charge in [-0.25, -0.2) is 8.78 Å². The number of aliphatic carboxylic acids is 1. The van der Waals surface area contributed by atoms with Crippen LogP contribution in [0.5, 0.6) is 0 Å². The first-order valence-corrected chi connectivity index (χ1v) is 4.68. The average molecular weight is 221 g/mol. The van der Waals surface area contributed by atoms with Gasteiger partial charge in [0.15, 0.2) is 0 Å². The lowest BCUT2D eigenvalue weighted by molar-refractivity contribution is -0.156. The quantitative estimate of drug-likeness (QED) is 0.755. The first kappa shape index (κ1) is 11.9. The van der Waals surface area contributed by atoms with Crippen LogP contribution < -0.4 is 0 Å². The Morgan fingerprint density at radius 1 is 1.53 bits per heavy atom. The van der Waals surface area contributed by atoms with Gasteiger partial charge in [0, 0.05) is 19.4 Å². The Kier molecular flexibility index (Phi) is 3.26. The summed E-state index contributed by atoms with van der Waals surface area (Å²) in [5.41, 5.74) is 0. The van der Waals surface area contributed by atoms with Crippen LogP contribution in [0, 0.1) is 5.92 Å². The number of carbonyl (C=O) groups is 2. The van der Waals surface area contributed by atoms with Crippen LogP contribution in [0.1, 0.15) is 19.8 Å². The molecule has 1 aliphatic heterocycles. The number of carboxylic acid groups (broad SMARTS) is 1. The third kappa shape index (κ3) is 2.87. The Balaban J connectivity index is 2.66. The zero-order valence-electron chi connectivity index (χ0n) is 8.37. The zero-order valence-corrected chi connectivity index (χ0v) is 8.37. The van der Waals surface area contributed by atoms with E-state index in [0.29, 0.717) is 0 Å². The number of rotatable bonds is 2. The molecule has 0 aromatic rings. The fourth-order valence-corrected chi connectivity index (χ4v) is 1.72. The van der Waals surface area contributed by atoms with Crippen LogP contribution >= 0.6 is 0 Å². The smallest absolute Gasteiger partial charge is 0.303 e. The predicted octanol–water partition coefficient (Wildman–Crippen LogP) is 0.965. The Morgan fingerprint density at radius 2 is 2.13 bits per heavy atom. The monoisotopic (exact) mass is 221 g/mol. The largest absolute Gasteiger partial charge is 0.481 e. The maximum Gasteiger partial charge on any atom is 0.303 e. The molecule has 1 unspecified atom stereocenters. The number of amides is 1. The fraction of sp³-hybridized carbons (Fsp3) is 0.778. The summed E-state index contributed by atoms with van der Waals surface area (Å²) in [4.78, 5) is 22.3. The molecule has 1 amide bonds. The highest BCUT2D eigenvalue weighted by Crippen LogP contribution is 2.34. The van der Waals surface area contributed by atoms with E-state index < -0.39 is 36.7 Å². The van der Waals surface area contributed by atoms with E-state index in [1.165, 1.54) is 6.92 Å². The summed E-state index contributed by atoms with van der Waals surface area (Å²) >= 11 is 0. The molecule has 1 heterocycles. The maximum absolute atomic E-state index is 13.4. The molecule has 0 aromatic heterocycles. The second-order valence-electron chi connectivity index (χ2n) is 3.79. The second kappa shape index (κ2) is 4.12. The number of likely N-dealkylation sites (tertiary alicyclic amines) is 1. The van der Waals surface area contributed by atoms with Gasteiger partial charge in [-0.1, -0.05) is 0 Å². The van der Waals surface area contributed by atoms with Crippen LogP contribution in [-0.4, -0.2) is 40.9 Å². The Bertz CT molecular complexity index is 281. The van der Waals surface area contributed by atoms with Gasteiger partial charge in [-0.2, -0.15) is 0 Å². The van der Waals surface area contributed by atoms with Crippen molar-refractivity contribution in [1.29, 1.82) is 0 Å². The normalized spacial score (nSPS) is 25.0. The maximum atomic E-state index is 13.4. The summed E-state index contributed by atoms with van der Waals surface area (Å²) < 4.78 is 26.8. The highest BCUT2D eigenvalue weighted by atomic mass is 19.3. The van der Waals surface area contributed by atoms with Gasteiger partial charge in [0.05, 0.1) is 13.0 Å². The Hall–Kier alpha value is -1.20. The summed E-state index contributed by atoms with van der Waals surface area (Å²) in [5.74, 6) is -5.88. The van der Waals surface area contributed by atoms with E-state index in [2.05, 4.69) is 0 Å². The van der Waals surface area contributed by atoms with Crippen LogP contribution in [0.15, 0.2) is 0 Å². The average Bonchev–Trinajstić information content (AvgIpc) is 2.07. The fourth-order valence-electron chi connectivity index (χ4n) is 1.72. The van der Waals surface area contributed by atoms with E-state index >= 15 is 0 Å². The van der Waals surface area contributed by atoms with Crippen molar-refractivity contribution in [2.45, 2.75) is 25.7 Å². The van der Waals surface area contributed by atoms with E-state index in [0.717, 1.165) is 4.90 Å². The van der Waals surface area contributed by atoms with Crippen LogP contribution in [0.3, 0.4) is 0 Å². The molecule has 86 valence electrons. The van der Waals surface area contributed by atoms with Crippen LogP contribution in [0.25, 0.3) is 0 Å². The summed E-state index contributed by atoms with van der Waals surface area (Å²) in [7, 11) is 0. The van der Waals surface area contributed by atoms with E-state index in [9.17, 15) is 18.4 Å². The van der Waals surface area contributed by atoms with Gasteiger partial charge in [-0.05, 0) is 6.42 Å². The van der Waals surface area contributed by atoms with Gasteiger partial charge in [0.25, 0.3) is 5.92 Å². The van der Waals surface area contributed by atoms with Gasteiger partial charge in [-0.3, -0.25) is 9.59 Å². The van der Waals surface area contributed by atoms with Gasteiger partial charge < -0.3 is 10.0 Å². The molecule has 1 saturated heterocycles. The van der Waals surface area contributed by atoms with Crippen molar-refractivity contribution in [1.82, 2.24) is 4.90 Å². The molecule has 1 rings (SSSR count). The van der Waals surface area contributed by atoms with Crippen LogP contribution in [-0.2, 0) is 9.59 Å². The SMILES string of the molecule is CC(=O)N1CCC(CC(=O)O)C(F)(F)C1. The number of hydrogen-bond acceptors (Lipinski definition) is 2. The second-order valence-corrected chi connectivity index (χ2v) is 3.79. The van der Waals surface area contributed by atoms with Gasteiger partial charge in [-0.15, -0.1) is 0 Å². The van der Waals surface area contributed by atoms with Crippen molar-refractivity contribution < 1.29 is 23.5 Å². The van der Waals surface area contributed by atoms with Gasteiger partial charge in [0.2, 0.25) is 5.91 Å². The summed E-state index contributed by atoms with van der Waals surface area (Å²) in [6.45, 7) is 0.775. The number of carboxylic acids is 1. The summed E-state index contributed by atoms with van der Waals surface area (Å²) in [5, 5.41) is 8.46. The molecule has 1 N–H and O–H groups in total. The van der Waals surface area contributed by atoms with E-state index in [4.69, 9.17) is 5.11 Å². The molecule has 0 bridgehead atoms. The molecule has 1 aliphatic rings. The third-order valence-electron chi connectivity index (χ3n) is 2.61. The predicted molar refractivity (Wildman–Crippen MR) is 47.6 cm³/mol. The van der Waals surface area contributed by atoms with Crippen molar-refractivity contribution in [3.8, 4) is 0 Å². The molecular formula is C9H13F2NO3. The van der Waals surface area contributed by atoms with E-state index in [1.54, 1.807) is 0 Å². The number of alkyl halides is 2. The molecule has 0 radical (unpaired) electrons. The lowest BCUT2D eigenvalue weighted by Crippen LogP contribution is -2.50. The lowest BCUT2D eigenvalue weighted by Gasteiger charge is -2.37. The number of carbonyl (C=O) groups excluding carboxylic acids is 1. The molecule has 6 heteroatoms. The van der Waals surface area contributed by atoms with Crippen molar-refractivity contribution in [2.24, 2.45) is 5.92 Å². The number of hydrogen-bond donors (Lipinski definition) is 1. The minimum absolute atomic E-state index is 0.0406. The molecule has 1 atom stereocenters. The topological polar surface area (TPSA) is 57.6 Å². The van der Waals surface area contributed by atoms with E-state index in [-0.39, 0.29) is 13.0 Å². The van der Waals surface area contributed by atoms with Gasteiger partial charge >= 0.3 is 5.97 Å². The minimum Gasteiger partial charge on any atom is -0.481 e. The Morgan fingerprint density at radius 3 is 2.53 bits per heavy atom. The number of halogens is 2. The van der Waals surface area contributed by atoms with Crippen LogP contribution in [0.2, 0.25) is 0 Å². The first-order valence-electron chi connectivity index (χ1n) is 4.68. The van der Waals surface area contributed by atoms with Crippen molar-refractivity contribution in [3.05, 3.63) is 0 Å². The minimum atomic E-state index is -3.09. The zero-order chi connectivity index (χ0) is 11.6. The molecule has 4 nitrogen and oxygen atoms in total. The molecule has 1 fully saturated rings. The Labute approximate surface area is 85.9 Å². The highest BCUT2D eigenvalue weighted by Gasteiger charge is 2.45.